The van der Waals surface area contributed by atoms with Crippen molar-refractivity contribution in [3.8, 4) is 0 Å². The number of nitrogens with zero attached hydrogens (tertiary/aromatic N) is 3. The van der Waals surface area contributed by atoms with E-state index in [1.807, 2.05) is 25.1 Å². The molecule has 0 aliphatic carbocycles. The van der Waals surface area contributed by atoms with Crippen molar-refractivity contribution >= 4 is 61.4 Å². The molecule has 180 valence electrons. The summed E-state index contributed by atoms with van der Waals surface area (Å²) in [6.45, 7) is 2.03. The lowest BCUT2D eigenvalue weighted by Crippen LogP contribution is -2.29. The van der Waals surface area contributed by atoms with Crippen LogP contribution in [-0.4, -0.2) is 26.7 Å². The highest BCUT2D eigenvalue weighted by Crippen LogP contribution is 2.45. The Bertz CT molecular complexity index is 1580. The molecule has 1 aliphatic heterocycles. The number of halogens is 1. The Morgan fingerprint density at radius 2 is 1.89 bits per heavy atom. The van der Waals surface area contributed by atoms with E-state index in [-0.39, 0.29) is 22.0 Å². The number of aliphatic hydroxyl groups excluding tert-OH is 1. The summed E-state index contributed by atoms with van der Waals surface area (Å²) in [5, 5.41) is 23.3. The number of nitro groups is 1. The summed E-state index contributed by atoms with van der Waals surface area (Å²) >= 11 is 7.20. The van der Waals surface area contributed by atoms with Crippen LogP contribution in [0.15, 0.2) is 72.3 Å². The summed E-state index contributed by atoms with van der Waals surface area (Å²) in [6.07, 6.45) is 0.822. The van der Waals surface area contributed by atoms with Gasteiger partial charge in [-0.05, 0) is 53.9 Å². The van der Waals surface area contributed by atoms with Crippen molar-refractivity contribution in [1.29, 1.82) is 0 Å². The average Bonchev–Trinajstić information content (AvgIpc) is 3.41. The second kappa shape index (κ2) is 9.18. The minimum absolute atomic E-state index is 0.184. The second-order valence-electron chi connectivity index (χ2n) is 8.18. The molecule has 1 fully saturated rings. The van der Waals surface area contributed by atoms with Gasteiger partial charge in [-0.3, -0.25) is 24.6 Å². The number of amides is 1. The van der Waals surface area contributed by atoms with Crippen LogP contribution < -0.4 is 4.90 Å². The SMILES string of the molecule is CCc1ccc2nc(N3C(=O)C(=O)/C(=C(/O)c4ccc(Cl)cc4)[C@@H]3c3cccc([N+](=O)[O-])c3)sc2c1. The minimum atomic E-state index is -1.12. The molecule has 1 atom stereocenters. The molecule has 0 unspecified atom stereocenters. The van der Waals surface area contributed by atoms with Crippen molar-refractivity contribution in [3.63, 3.8) is 0 Å². The van der Waals surface area contributed by atoms with Gasteiger partial charge in [0.1, 0.15) is 5.76 Å². The molecule has 1 saturated heterocycles. The molecule has 4 aromatic rings. The lowest BCUT2D eigenvalue weighted by Gasteiger charge is -2.22. The van der Waals surface area contributed by atoms with Crippen LogP contribution in [0.4, 0.5) is 10.8 Å². The van der Waals surface area contributed by atoms with E-state index in [4.69, 9.17) is 11.6 Å². The maximum Gasteiger partial charge on any atom is 0.301 e. The number of hydrogen-bond donors (Lipinski definition) is 1. The smallest absolute Gasteiger partial charge is 0.301 e. The first kappa shape index (κ1) is 23.7. The maximum atomic E-state index is 13.4. The highest BCUT2D eigenvalue weighted by atomic mass is 35.5. The molecule has 2 heterocycles. The Labute approximate surface area is 214 Å². The number of ketones is 1. The highest BCUT2D eigenvalue weighted by Gasteiger charge is 2.48. The summed E-state index contributed by atoms with van der Waals surface area (Å²) in [6, 6.07) is 16.5. The van der Waals surface area contributed by atoms with Crippen molar-refractivity contribution in [2.45, 2.75) is 19.4 Å². The van der Waals surface area contributed by atoms with Crippen LogP contribution in [0.5, 0.6) is 0 Å². The average molecular weight is 520 g/mol. The van der Waals surface area contributed by atoms with Gasteiger partial charge in [0.15, 0.2) is 5.13 Å². The predicted molar refractivity (Wildman–Crippen MR) is 138 cm³/mol. The van der Waals surface area contributed by atoms with Crippen LogP contribution in [0.25, 0.3) is 16.0 Å². The Morgan fingerprint density at radius 3 is 2.58 bits per heavy atom. The fourth-order valence-electron chi connectivity index (χ4n) is 4.20. The number of anilines is 1. The van der Waals surface area contributed by atoms with E-state index in [9.17, 15) is 24.8 Å². The van der Waals surface area contributed by atoms with Crippen molar-refractivity contribution in [3.05, 3.63) is 104 Å². The molecule has 1 amide bonds. The van der Waals surface area contributed by atoms with Gasteiger partial charge in [0.2, 0.25) is 0 Å². The number of hydrogen-bond acceptors (Lipinski definition) is 7. The topological polar surface area (TPSA) is 114 Å². The third kappa shape index (κ3) is 4.02. The number of carbonyl (C=O) groups is 2. The van der Waals surface area contributed by atoms with E-state index in [2.05, 4.69) is 4.98 Å². The van der Waals surface area contributed by atoms with Crippen LogP contribution in [-0.2, 0) is 16.0 Å². The summed E-state index contributed by atoms with van der Waals surface area (Å²) in [5.74, 6) is -2.19. The van der Waals surface area contributed by atoms with Crippen LogP contribution >= 0.6 is 22.9 Å². The summed E-state index contributed by atoms with van der Waals surface area (Å²) in [5.41, 5.74) is 1.94. The van der Waals surface area contributed by atoms with Gasteiger partial charge in [0.05, 0.1) is 26.8 Å². The summed E-state index contributed by atoms with van der Waals surface area (Å²) in [7, 11) is 0. The van der Waals surface area contributed by atoms with Gasteiger partial charge in [-0.25, -0.2) is 4.98 Å². The third-order valence-corrected chi connectivity index (χ3v) is 7.28. The number of non-ortho nitro benzene ring substituents is 1. The molecule has 1 aromatic heterocycles. The molecule has 0 radical (unpaired) electrons. The van der Waals surface area contributed by atoms with E-state index in [0.717, 1.165) is 16.7 Å². The maximum absolute atomic E-state index is 13.4. The van der Waals surface area contributed by atoms with Gasteiger partial charge < -0.3 is 5.11 Å². The Balaban J connectivity index is 1.74. The predicted octanol–water partition coefficient (Wildman–Crippen LogP) is 6.05. The summed E-state index contributed by atoms with van der Waals surface area (Å²) in [4.78, 5) is 43.3. The van der Waals surface area contributed by atoms with Crippen molar-refractivity contribution in [2.75, 3.05) is 4.90 Å². The number of carbonyl (C=O) groups excluding carboxylic acids is 2. The van der Waals surface area contributed by atoms with Crippen molar-refractivity contribution < 1.29 is 19.6 Å². The van der Waals surface area contributed by atoms with Crippen molar-refractivity contribution in [2.24, 2.45) is 0 Å². The Kier molecular flexibility index (Phi) is 6.03. The minimum Gasteiger partial charge on any atom is -0.507 e. The number of Topliss-reactive ketones (excluding diaryl/α,β-unsaturated/α-hetero) is 1. The van der Waals surface area contributed by atoms with Gasteiger partial charge in [0.25, 0.3) is 11.5 Å². The van der Waals surface area contributed by atoms with Crippen LogP contribution in [0.1, 0.15) is 29.7 Å². The molecular formula is C26H18ClN3O5S. The Hall–Kier alpha value is -4.08. The number of aliphatic hydroxyl groups is 1. The number of nitro benzene ring substituents is 1. The lowest BCUT2D eigenvalue weighted by molar-refractivity contribution is -0.384. The molecule has 10 heteroatoms. The third-order valence-electron chi connectivity index (χ3n) is 6.01. The van der Waals surface area contributed by atoms with E-state index in [1.54, 1.807) is 18.2 Å². The molecule has 1 aliphatic rings. The molecule has 0 saturated carbocycles. The monoisotopic (exact) mass is 519 g/mol. The largest absolute Gasteiger partial charge is 0.507 e. The molecule has 8 nitrogen and oxygen atoms in total. The fraction of sp³-hybridized carbons (Fsp3) is 0.115. The van der Waals surface area contributed by atoms with Gasteiger partial charge in [0, 0.05) is 22.7 Å². The Morgan fingerprint density at radius 1 is 1.14 bits per heavy atom. The van der Waals surface area contributed by atoms with Crippen LogP contribution in [0.3, 0.4) is 0 Å². The normalized spacial score (nSPS) is 17.2. The number of aryl methyl sites for hydroxylation is 1. The molecule has 0 spiro atoms. The molecular weight excluding hydrogens is 502 g/mol. The molecule has 5 rings (SSSR count). The first-order chi connectivity index (χ1) is 17.3. The molecule has 36 heavy (non-hydrogen) atoms. The number of fused-ring (bicyclic) bond motifs is 1. The van der Waals surface area contributed by atoms with Crippen LogP contribution in [0.2, 0.25) is 5.02 Å². The van der Waals surface area contributed by atoms with E-state index in [0.29, 0.717) is 16.1 Å². The standard InChI is InChI=1S/C26H18ClN3O5S/c1-2-14-6-11-19-20(12-14)36-26(28-19)29-22(16-4-3-5-18(13-16)30(34)35)21(24(32)25(29)33)23(31)15-7-9-17(27)10-8-15/h3-13,22,31H,2H2,1H3/b23-21+/t22-/m0/s1. The zero-order valence-electron chi connectivity index (χ0n) is 18.8. The highest BCUT2D eigenvalue weighted by molar-refractivity contribution is 7.22. The zero-order chi connectivity index (χ0) is 25.6. The molecule has 3 aromatic carbocycles. The van der Waals surface area contributed by atoms with Gasteiger partial charge in [-0.15, -0.1) is 0 Å². The van der Waals surface area contributed by atoms with Gasteiger partial charge in [-0.1, -0.05) is 48.1 Å². The van der Waals surface area contributed by atoms with E-state index >= 15 is 0 Å². The van der Waals surface area contributed by atoms with E-state index < -0.39 is 28.4 Å². The zero-order valence-corrected chi connectivity index (χ0v) is 20.4. The molecule has 0 bridgehead atoms. The number of rotatable bonds is 5. The van der Waals surface area contributed by atoms with Crippen LogP contribution in [0, 0.1) is 10.1 Å². The first-order valence-electron chi connectivity index (χ1n) is 11.0. The fourth-order valence-corrected chi connectivity index (χ4v) is 5.38. The van der Waals surface area contributed by atoms with Gasteiger partial charge in [-0.2, -0.15) is 0 Å². The quantitative estimate of drug-likeness (QED) is 0.113. The molecule has 1 N–H and O–H groups in total. The number of benzene rings is 3. The van der Waals surface area contributed by atoms with Crippen molar-refractivity contribution in [1.82, 2.24) is 4.98 Å². The first-order valence-corrected chi connectivity index (χ1v) is 12.2. The lowest BCUT2D eigenvalue weighted by atomic mass is 9.95. The second-order valence-corrected chi connectivity index (χ2v) is 9.63. The summed E-state index contributed by atoms with van der Waals surface area (Å²) < 4.78 is 0.835. The van der Waals surface area contributed by atoms with E-state index in [1.165, 1.54) is 46.6 Å². The number of aromatic nitrogens is 1. The van der Waals surface area contributed by atoms with Gasteiger partial charge >= 0.3 is 5.91 Å². The number of thiazole rings is 1.